The Balaban J connectivity index is 0. The van der Waals surface area contributed by atoms with Crippen LogP contribution in [-0.2, 0) is 59.8 Å². The smallest absolute Gasteiger partial charge is 0 e. The first-order chi connectivity index (χ1) is 0. The van der Waals surface area contributed by atoms with Gasteiger partial charge in [0.1, 0.15) is 0 Å². The van der Waals surface area contributed by atoms with E-state index in [1.165, 1.54) is 0 Å². The molecule has 0 nitrogen and oxygen atoms in total. The van der Waals surface area contributed by atoms with Crippen molar-refractivity contribution in [3.8, 4) is 0 Å². The summed E-state index contributed by atoms with van der Waals surface area (Å²) in [6, 6.07) is 0. The van der Waals surface area contributed by atoms with Crippen molar-refractivity contribution in [2.45, 2.75) is 0 Å². The molecule has 0 saturated heterocycles. The molecule has 0 rings (SSSR count). The second-order valence-corrected chi connectivity index (χ2v) is 0. The van der Waals surface area contributed by atoms with Crippen LogP contribution in [0.15, 0.2) is 0 Å². The molecule has 0 N–H and O–H groups in total. The Kier molecular flexibility index (Phi) is 179. The van der Waals surface area contributed by atoms with Crippen LogP contribution in [0.5, 0.6) is 0 Å². The van der Waals surface area contributed by atoms with Crippen LogP contribution >= 0.6 is 0 Å². The minimum Gasteiger partial charge on any atom is 0 e. The van der Waals surface area contributed by atoms with Crippen LogP contribution in [0.3, 0.4) is 0 Å². The molecule has 0 spiro atoms. The monoisotopic (exact) mass is 222 g/mol. The predicted molar refractivity (Wildman–Crippen MR) is 8.54 cm³/mol. The molecule has 4 heavy (non-hydrogen) atoms. The third kappa shape index (κ3) is 8.96. The average Bonchev–Trinajstić information content (AvgIpc) is 0. The topological polar surface area (TPSA) is 0 Å². The minimum absolute atomic E-state index is 0. The summed E-state index contributed by atoms with van der Waals surface area (Å²) in [5.41, 5.74) is 0. The molecule has 0 aliphatic heterocycles. The predicted octanol–water partition coefficient (Wildman–Crippen LogP) is -0.924. The van der Waals surface area contributed by atoms with Crippen LogP contribution in [0.1, 0.15) is 0 Å². The van der Waals surface area contributed by atoms with Gasteiger partial charge in [0.25, 0.3) is 0 Å². The van der Waals surface area contributed by atoms with E-state index in [9.17, 15) is 0 Å². The second kappa shape index (κ2) is 19.6. The molecular weight excluding hydrogens is 222 g/mol. The normalized spacial score (nSPS) is 0. The van der Waals surface area contributed by atoms with Gasteiger partial charge in [0, 0.05) is 59.8 Å². The molecule has 0 unspecified atom stereocenters. The molecule has 0 aliphatic rings. The average molecular weight is 224 g/mol. The Morgan fingerprint density at radius 2 is 1.00 bits per heavy atom. The Labute approximate surface area is 69.2 Å². The zero-order valence-corrected chi connectivity index (χ0v) is 5.51. The molecule has 4 heteroatoms. The van der Waals surface area contributed by atoms with Crippen molar-refractivity contribution in [2.24, 2.45) is 0 Å². The van der Waals surface area contributed by atoms with E-state index in [-0.39, 0.29) is 69.9 Å². The molecule has 0 bridgehead atoms. The van der Waals surface area contributed by atoms with Crippen LogP contribution < -0.4 is 0 Å². The second-order valence-electron chi connectivity index (χ2n) is 0. The fourth-order valence-corrected chi connectivity index (χ4v) is 0. The van der Waals surface area contributed by atoms with Gasteiger partial charge in [0.15, 0.2) is 0 Å². The summed E-state index contributed by atoms with van der Waals surface area (Å²) in [5.74, 6) is 0. The summed E-state index contributed by atoms with van der Waals surface area (Å²) in [4.78, 5) is 0. The first-order valence-electron chi connectivity index (χ1n) is 0. The molecule has 0 aromatic rings. The van der Waals surface area contributed by atoms with Gasteiger partial charge in [0.05, 0.1) is 0 Å². The van der Waals surface area contributed by atoms with Crippen molar-refractivity contribution in [3.63, 3.8) is 0 Å². The number of hydrogen-bond donors (Lipinski definition) is 0. The van der Waals surface area contributed by atoms with E-state index in [4.69, 9.17) is 0 Å². The molecule has 0 fully saturated rings. The van der Waals surface area contributed by atoms with Crippen LogP contribution in [0.25, 0.3) is 0 Å². The van der Waals surface area contributed by atoms with Gasteiger partial charge in [-0.25, -0.2) is 0 Å². The van der Waals surface area contributed by atoms with Crippen molar-refractivity contribution in [1.82, 2.24) is 0 Å². The zero-order valence-electron chi connectivity index (χ0n) is 1.12. The summed E-state index contributed by atoms with van der Waals surface area (Å²) < 4.78 is 0. The largest absolute Gasteiger partial charge is 0 e. The number of hydrogen-bond acceptors (Lipinski definition) is 0. The molecule has 0 amide bonds. The van der Waals surface area contributed by atoms with Crippen LogP contribution in [0, 0.1) is 0 Å². The summed E-state index contributed by atoms with van der Waals surface area (Å²) in [7, 11) is 0. The van der Waals surface area contributed by atoms with Crippen LogP contribution in [0.4, 0.5) is 0 Å². The number of rotatable bonds is 0. The minimum atomic E-state index is 0. The fourth-order valence-electron chi connectivity index (χ4n) is 0. The molecular formula is H2BeCuNiZr. The summed E-state index contributed by atoms with van der Waals surface area (Å²) in [6.45, 7) is 0. The molecule has 0 aromatic carbocycles. The summed E-state index contributed by atoms with van der Waals surface area (Å²) in [6.07, 6.45) is 0. The third-order valence-electron chi connectivity index (χ3n) is 0. The molecule has 0 aromatic heterocycles. The van der Waals surface area contributed by atoms with E-state index in [0.717, 1.165) is 0 Å². The van der Waals surface area contributed by atoms with Crippen LogP contribution in [-0.4, -0.2) is 10.1 Å². The van der Waals surface area contributed by atoms with E-state index in [1.807, 2.05) is 0 Å². The van der Waals surface area contributed by atoms with Crippen molar-refractivity contribution >= 4 is 10.1 Å². The quantitative estimate of drug-likeness (QED) is 0.467. The molecule has 0 atom stereocenters. The maximum Gasteiger partial charge on any atom is 0 e. The van der Waals surface area contributed by atoms with E-state index in [2.05, 4.69) is 0 Å². The maximum absolute atomic E-state index is 0. The first kappa shape index (κ1) is 36.5. The van der Waals surface area contributed by atoms with Gasteiger partial charge in [-0.2, -0.15) is 0 Å². The standard InChI is InChI=1S/Be.Cu.Ni.Zr.2H. The van der Waals surface area contributed by atoms with Gasteiger partial charge < -0.3 is 0 Å². The summed E-state index contributed by atoms with van der Waals surface area (Å²) in [5, 5.41) is 0. The van der Waals surface area contributed by atoms with E-state index in [1.54, 1.807) is 0 Å². The Morgan fingerprint density at radius 3 is 1.00 bits per heavy atom. The van der Waals surface area contributed by atoms with E-state index in [0.29, 0.717) is 0 Å². The SMILES string of the molecule is [BeH2].[Cu].[Ni].[Zr]. The third-order valence-corrected chi connectivity index (χ3v) is 0. The molecule has 0 aliphatic carbocycles. The van der Waals surface area contributed by atoms with E-state index >= 15 is 0 Å². The van der Waals surface area contributed by atoms with Crippen molar-refractivity contribution in [3.05, 3.63) is 0 Å². The Hall–Kier alpha value is 2.06. The summed E-state index contributed by atoms with van der Waals surface area (Å²) >= 11 is 0. The molecule has 1 radical (unpaired) electrons. The first-order valence-corrected chi connectivity index (χ1v) is 0. The molecule has 0 saturated carbocycles. The van der Waals surface area contributed by atoms with E-state index < -0.39 is 0 Å². The maximum atomic E-state index is 0. The van der Waals surface area contributed by atoms with Gasteiger partial charge in [0.2, 0.25) is 0 Å². The van der Waals surface area contributed by atoms with Gasteiger partial charge in [-0.3, -0.25) is 0 Å². The van der Waals surface area contributed by atoms with Gasteiger partial charge >= 0.3 is 10.1 Å². The van der Waals surface area contributed by atoms with Gasteiger partial charge in [-0.15, -0.1) is 0 Å². The van der Waals surface area contributed by atoms with Crippen molar-refractivity contribution in [1.29, 1.82) is 0 Å². The Morgan fingerprint density at radius 1 is 1.00 bits per heavy atom. The molecule has 29 valence electrons. The van der Waals surface area contributed by atoms with Crippen molar-refractivity contribution < 1.29 is 59.8 Å². The fraction of sp³-hybridized carbons (Fsp3) is 0. The van der Waals surface area contributed by atoms with Gasteiger partial charge in [-0.05, 0) is 0 Å². The van der Waals surface area contributed by atoms with Crippen LogP contribution in [0.2, 0.25) is 0 Å². The van der Waals surface area contributed by atoms with Gasteiger partial charge in [-0.1, -0.05) is 0 Å². The Bertz CT molecular complexity index is 8.00. The molecule has 0 heterocycles. The zero-order chi connectivity index (χ0) is 0. The van der Waals surface area contributed by atoms with Crippen molar-refractivity contribution in [2.75, 3.05) is 0 Å².